The SMILES string of the molecule is CNC(=S)N(C)N[C@@H]1O[C@@H](CO)[C@@H](O)[C@@H](O)[C@H]1O. The molecular formula is C9H19N3O5S. The number of nitrogens with one attached hydrogen (secondary N) is 2. The van der Waals surface area contributed by atoms with Crippen LogP contribution in [0.15, 0.2) is 0 Å². The first-order valence-electron chi connectivity index (χ1n) is 5.44. The molecule has 0 bridgehead atoms. The van der Waals surface area contributed by atoms with Gasteiger partial charge in [0.25, 0.3) is 0 Å². The molecule has 1 rings (SSSR count). The van der Waals surface area contributed by atoms with Crippen LogP contribution in [-0.4, -0.2) is 81.9 Å². The van der Waals surface area contributed by atoms with Crippen LogP contribution in [0.5, 0.6) is 0 Å². The summed E-state index contributed by atoms with van der Waals surface area (Å²) in [6, 6.07) is 0. The number of rotatable bonds is 3. The normalized spacial score (nSPS) is 36.2. The zero-order valence-corrected chi connectivity index (χ0v) is 11.0. The highest BCUT2D eigenvalue weighted by Gasteiger charge is 2.43. The van der Waals surface area contributed by atoms with Crippen molar-refractivity contribution < 1.29 is 25.2 Å². The van der Waals surface area contributed by atoms with Gasteiger partial charge in [0.2, 0.25) is 0 Å². The lowest BCUT2D eigenvalue weighted by atomic mass is 9.99. The number of hydrazine groups is 1. The van der Waals surface area contributed by atoms with Gasteiger partial charge >= 0.3 is 0 Å². The molecule has 6 N–H and O–H groups in total. The molecule has 0 aromatic rings. The van der Waals surface area contributed by atoms with Crippen LogP contribution in [0.25, 0.3) is 0 Å². The molecule has 8 nitrogen and oxygen atoms in total. The van der Waals surface area contributed by atoms with Gasteiger partial charge in [-0.1, -0.05) is 0 Å². The fourth-order valence-electron chi connectivity index (χ4n) is 1.63. The molecule has 0 aromatic carbocycles. The van der Waals surface area contributed by atoms with Gasteiger partial charge in [-0.05, 0) is 12.2 Å². The van der Waals surface area contributed by atoms with Gasteiger partial charge in [-0.15, -0.1) is 0 Å². The van der Waals surface area contributed by atoms with Crippen molar-refractivity contribution in [2.24, 2.45) is 0 Å². The van der Waals surface area contributed by atoms with Crippen LogP contribution in [0, 0.1) is 0 Å². The second-order valence-electron chi connectivity index (χ2n) is 3.99. The molecule has 1 heterocycles. The van der Waals surface area contributed by atoms with Crippen molar-refractivity contribution >= 4 is 17.3 Å². The molecule has 0 saturated carbocycles. The molecule has 0 radical (unpaired) electrons. The number of aliphatic hydroxyl groups excluding tert-OH is 4. The summed E-state index contributed by atoms with van der Waals surface area (Å²) in [5, 5.41) is 42.4. The van der Waals surface area contributed by atoms with E-state index in [0.717, 1.165) is 0 Å². The smallest absolute Gasteiger partial charge is 0.183 e. The average Bonchev–Trinajstić information content (AvgIpc) is 2.38. The second kappa shape index (κ2) is 6.57. The fourth-order valence-corrected chi connectivity index (χ4v) is 1.68. The molecule has 9 heteroatoms. The van der Waals surface area contributed by atoms with E-state index in [1.807, 2.05) is 0 Å². The van der Waals surface area contributed by atoms with E-state index in [2.05, 4.69) is 10.7 Å². The highest BCUT2D eigenvalue weighted by atomic mass is 32.1. The maximum atomic E-state index is 9.76. The topological polar surface area (TPSA) is 117 Å². The number of hydrogen-bond acceptors (Lipinski definition) is 7. The molecule has 0 amide bonds. The van der Waals surface area contributed by atoms with Gasteiger partial charge in [0.1, 0.15) is 24.4 Å². The maximum Gasteiger partial charge on any atom is 0.183 e. The Labute approximate surface area is 110 Å². The van der Waals surface area contributed by atoms with Crippen molar-refractivity contribution in [2.75, 3.05) is 20.7 Å². The molecule has 5 atom stereocenters. The summed E-state index contributed by atoms with van der Waals surface area (Å²) >= 11 is 4.95. The molecule has 1 fully saturated rings. The summed E-state index contributed by atoms with van der Waals surface area (Å²) in [4.78, 5) is 0. The highest BCUT2D eigenvalue weighted by Crippen LogP contribution is 2.19. The predicted molar refractivity (Wildman–Crippen MR) is 66.3 cm³/mol. The first kappa shape index (κ1) is 15.5. The number of thiocarbonyl (C=S) groups is 1. The van der Waals surface area contributed by atoms with E-state index in [0.29, 0.717) is 5.11 Å². The summed E-state index contributed by atoms with van der Waals surface area (Å²) in [5.41, 5.74) is 2.71. The molecule has 106 valence electrons. The van der Waals surface area contributed by atoms with E-state index in [1.165, 1.54) is 5.01 Å². The lowest BCUT2D eigenvalue weighted by Crippen LogP contribution is -2.65. The van der Waals surface area contributed by atoms with Crippen molar-refractivity contribution in [3.8, 4) is 0 Å². The zero-order valence-electron chi connectivity index (χ0n) is 10.1. The van der Waals surface area contributed by atoms with Crippen molar-refractivity contribution in [3.05, 3.63) is 0 Å². The number of nitrogens with zero attached hydrogens (tertiary/aromatic N) is 1. The zero-order chi connectivity index (χ0) is 13.9. The third-order valence-corrected chi connectivity index (χ3v) is 3.21. The molecule has 0 aromatic heterocycles. The van der Waals surface area contributed by atoms with Gasteiger partial charge in [-0.3, -0.25) is 5.01 Å². The van der Waals surface area contributed by atoms with E-state index >= 15 is 0 Å². The molecule has 18 heavy (non-hydrogen) atoms. The lowest BCUT2D eigenvalue weighted by Gasteiger charge is -2.41. The van der Waals surface area contributed by atoms with Crippen molar-refractivity contribution in [1.82, 2.24) is 15.8 Å². The van der Waals surface area contributed by atoms with Crippen LogP contribution >= 0.6 is 12.2 Å². The number of ether oxygens (including phenoxy) is 1. The number of aliphatic hydroxyl groups is 4. The second-order valence-corrected chi connectivity index (χ2v) is 4.38. The van der Waals surface area contributed by atoms with E-state index < -0.39 is 37.3 Å². The first-order valence-corrected chi connectivity index (χ1v) is 5.85. The third kappa shape index (κ3) is 3.26. The van der Waals surface area contributed by atoms with Gasteiger partial charge < -0.3 is 30.5 Å². The van der Waals surface area contributed by atoms with Crippen molar-refractivity contribution in [3.63, 3.8) is 0 Å². The van der Waals surface area contributed by atoms with Gasteiger partial charge in [0.15, 0.2) is 11.3 Å². The molecular weight excluding hydrogens is 262 g/mol. The van der Waals surface area contributed by atoms with Crippen LogP contribution < -0.4 is 10.7 Å². The summed E-state index contributed by atoms with van der Waals surface area (Å²) in [6.07, 6.45) is -6.06. The van der Waals surface area contributed by atoms with Crippen LogP contribution in [0.4, 0.5) is 0 Å². The molecule has 0 spiro atoms. The van der Waals surface area contributed by atoms with E-state index in [-0.39, 0.29) is 0 Å². The van der Waals surface area contributed by atoms with Gasteiger partial charge in [0, 0.05) is 14.1 Å². The average molecular weight is 281 g/mol. The van der Waals surface area contributed by atoms with Gasteiger partial charge in [-0.2, -0.15) is 0 Å². The van der Waals surface area contributed by atoms with Crippen molar-refractivity contribution in [2.45, 2.75) is 30.6 Å². The molecule has 1 aliphatic rings. The monoisotopic (exact) mass is 281 g/mol. The lowest BCUT2D eigenvalue weighted by molar-refractivity contribution is -0.243. The Balaban J connectivity index is 2.67. The van der Waals surface area contributed by atoms with Crippen LogP contribution in [0.1, 0.15) is 0 Å². The Kier molecular flexibility index (Phi) is 5.66. The Bertz CT molecular complexity index is 293. The summed E-state index contributed by atoms with van der Waals surface area (Å²) in [5.74, 6) is 0. The van der Waals surface area contributed by atoms with E-state index in [1.54, 1.807) is 14.1 Å². The molecule has 1 aliphatic heterocycles. The minimum absolute atomic E-state index is 0.354. The first-order chi connectivity index (χ1) is 8.42. The Morgan fingerprint density at radius 3 is 2.39 bits per heavy atom. The summed E-state index contributed by atoms with van der Waals surface area (Å²) in [7, 11) is 3.23. The quantitative estimate of drug-likeness (QED) is 0.234. The summed E-state index contributed by atoms with van der Waals surface area (Å²) in [6.45, 7) is -0.469. The third-order valence-electron chi connectivity index (χ3n) is 2.73. The van der Waals surface area contributed by atoms with Gasteiger partial charge in [0.05, 0.1) is 6.61 Å². The van der Waals surface area contributed by atoms with Crippen molar-refractivity contribution in [1.29, 1.82) is 0 Å². The van der Waals surface area contributed by atoms with Crippen LogP contribution in [-0.2, 0) is 4.74 Å². The van der Waals surface area contributed by atoms with Crippen LogP contribution in [0.3, 0.4) is 0 Å². The Morgan fingerprint density at radius 1 is 1.28 bits per heavy atom. The maximum absolute atomic E-state index is 9.76. The predicted octanol–water partition coefficient (Wildman–Crippen LogP) is -3.27. The van der Waals surface area contributed by atoms with E-state index in [4.69, 9.17) is 22.1 Å². The molecule has 0 aliphatic carbocycles. The minimum Gasteiger partial charge on any atom is -0.394 e. The molecule has 1 saturated heterocycles. The van der Waals surface area contributed by atoms with Gasteiger partial charge in [-0.25, -0.2) is 5.43 Å². The minimum atomic E-state index is -1.41. The fraction of sp³-hybridized carbons (Fsp3) is 0.889. The standard InChI is InChI=1S/C9H19N3O5S/c1-10-9(18)12(2)11-8-7(16)6(15)5(14)4(3-13)17-8/h4-8,11,13-16H,3H2,1-2H3,(H,10,18)/t4-,5+,6+,7+,8+/m0/s1. The Morgan fingerprint density at radius 2 is 1.89 bits per heavy atom. The highest BCUT2D eigenvalue weighted by molar-refractivity contribution is 7.80. The van der Waals surface area contributed by atoms with E-state index in [9.17, 15) is 15.3 Å². The Hall–Kier alpha value is -0.550. The summed E-state index contributed by atoms with van der Waals surface area (Å²) < 4.78 is 5.25. The molecule has 0 unspecified atom stereocenters. The number of hydrogen-bond donors (Lipinski definition) is 6. The van der Waals surface area contributed by atoms with Crippen LogP contribution in [0.2, 0.25) is 0 Å². The largest absolute Gasteiger partial charge is 0.394 e.